The highest BCUT2D eigenvalue weighted by Crippen LogP contribution is 2.29. The first-order chi connectivity index (χ1) is 14.0. The van der Waals surface area contributed by atoms with Crippen LogP contribution in [0.15, 0.2) is 48.7 Å². The van der Waals surface area contributed by atoms with Crippen LogP contribution in [0.4, 0.5) is 14.7 Å². The third-order valence-corrected chi connectivity index (χ3v) is 4.80. The van der Waals surface area contributed by atoms with Gasteiger partial charge in [-0.2, -0.15) is 18.4 Å². The number of rotatable bonds is 5. The Balaban J connectivity index is 1.64. The average Bonchev–Trinajstić information content (AvgIpc) is 3.16. The minimum atomic E-state index is -0.927. The SMILES string of the molecule is Fc1cc(-c2ncccc2CNc2nnnn2-c2cccc(Cl)c2Cl)cc(F)n1. The van der Waals surface area contributed by atoms with E-state index in [0.717, 1.165) is 12.1 Å². The summed E-state index contributed by atoms with van der Waals surface area (Å²) in [6.45, 7) is 0.229. The summed E-state index contributed by atoms with van der Waals surface area (Å²) < 4.78 is 28.4. The van der Waals surface area contributed by atoms with Crippen LogP contribution in [0.2, 0.25) is 10.0 Å². The van der Waals surface area contributed by atoms with Crippen molar-refractivity contribution in [3.8, 4) is 16.9 Å². The van der Waals surface area contributed by atoms with Gasteiger partial charge in [0.1, 0.15) is 0 Å². The maximum Gasteiger partial charge on any atom is 0.248 e. The maximum absolute atomic E-state index is 13.5. The van der Waals surface area contributed by atoms with Gasteiger partial charge in [-0.15, -0.1) is 0 Å². The van der Waals surface area contributed by atoms with Crippen LogP contribution in [0.1, 0.15) is 5.56 Å². The van der Waals surface area contributed by atoms with E-state index >= 15 is 0 Å². The molecule has 0 aliphatic rings. The van der Waals surface area contributed by atoms with Crippen LogP contribution in [-0.4, -0.2) is 30.2 Å². The van der Waals surface area contributed by atoms with Crippen molar-refractivity contribution in [1.82, 2.24) is 30.2 Å². The second kappa shape index (κ2) is 8.06. The molecule has 11 heteroatoms. The van der Waals surface area contributed by atoms with Gasteiger partial charge in [0.15, 0.2) is 0 Å². The lowest BCUT2D eigenvalue weighted by Crippen LogP contribution is -2.09. The fourth-order valence-corrected chi connectivity index (χ4v) is 3.11. The molecular weight excluding hydrogens is 423 g/mol. The van der Waals surface area contributed by atoms with E-state index in [2.05, 4.69) is 30.8 Å². The molecule has 0 unspecified atom stereocenters. The number of tetrazole rings is 1. The van der Waals surface area contributed by atoms with Gasteiger partial charge in [0.05, 0.1) is 21.4 Å². The molecule has 3 heterocycles. The predicted molar refractivity (Wildman–Crippen MR) is 104 cm³/mol. The van der Waals surface area contributed by atoms with Crippen molar-refractivity contribution in [1.29, 1.82) is 0 Å². The van der Waals surface area contributed by atoms with Gasteiger partial charge in [-0.1, -0.05) is 40.4 Å². The number of aromatic nitrogens is 6. The smallest absolute Gasteiger partial charge is 0.248 e. The summed E-state index contributed by atoms with van der Waals surface area (Å²) in [6.07, 6.45) is 1.53. The zero-order valence-corrected chi connectivity index (χ0v) is 16.0. The Hall–Kier alpha value is -3.17. The maximum atomic E-state index is 13.5. The van der Waals surface area contributed by atoms with Crippen molar-refractivity contribution < 1.29 is 8.78 Å². The third kappa shape index (κ3) is 4.01. The molecule has 7 nitrogen and oxygen atoms in total. The van der Waals surface area contributed by atoms with Crippen molar-refractivity contribution in [2.45, 2.75) is 6.54 Å². The van der Waals surface area contributed by atoms with Crippen LogP contribution in [0, 0.1) is 11.9 Å². The summed E-state index contributed by atoms with van der Waals surface area (Å²) in [5.74, 6) is -1.55. The summed E-state index contributed by atoms with van der Waals surface area (Å²) in [5.41, 5.74) is 1.84. The first-order valence-corrected chi connectivity index (χ1v) is 9.02. The number of hydrogen-bond acceptors (Lipinski definition) is 6. The molecule has 0 saturated carbocycles. The van der Waals surface area contributed by atoms with Crippen LogP contribution in [-0.2, 0) is 6.54 Å². The average molecular weight is 434 g/mol. The molecule has 0 amide bonds. The van der Waals surface area contributed by atoms with E-state index in [-0.39, 0.29) is 12.1 Å². The quantitative estimate of drug-likeness (QED) is 0.472. The normalized spacial score (nSPS) is 10.9. The van der Waals surface area contributed by atoms with E-state index in [1.54, 1.807) is 30.3 Å². The Kier molecular flexibility index (Phi) is 5.32. The minimum absolute atomic E-state index is 0.229. The number of pyridine rings is 2. The Morgan fingerprint density at radius 1 is 1.03 bits per heavy atom. The second-order valence-electron chi connectivity index (χ2n) is 5.85. The Labute approximate surface area is 173 Å². The van der Waals surface area contributed by atoms with Crippen molar-refractivity contribution in [3.63, 3.8) is 0 Å². The van der Waals surface area contributed by atoms with E-state index in [4.69, 9.17) is 23.2 Å². The first kappa shape index (κ1) is 19.2. The molecule has 3 aromatic heterocycles. The lowest BCUT2D eigenvalue weighted by molar-refractivity contribution is 0.513. The van der Waals surface area contributed by atoms with E-state index in [9.17, 15) is 8.78 Å². The predicted octanol–water partition coefficient (Wildman–Crippen LogP) is 4.32. The zero-order chi connectivity index (χ0) is 20.4. The van der Waals surface area contributed by atoms with Crippen LogP contribution in [0.5, 0.6) is 0 Å². The summed E-state index contributed by atoms with van der Waals surface area (Å²) in [7, 11) is 0. The molecule has 0 aliphatic carbocycles. The molecule has 0 radical (unpaired) electrons. The first-order valence-electron chi connectivity index (χ1n) is 8.27. The number of halogens is 4. The van der Waals surface area contributed by atoms with Gasteiger partial charge < -0.3 is 5.32 Å². The molecule has 0 bridgehead atoms. The topological polar surface area (TPSA) is 81.4 Å². The Bertz CT molecular complexity index is 1160. The number of anilines is 1. The molecule has 0 fully saturated rings. The van der Waals surface area contributed by atoms with E-state index in [1.807, 2.05) is 0 Å². The lowest BCUT2D eigenvalue weighted by Gasteiger charge is -2.11. The molecule has 0 spiro atoms. The van der Waals surface area contributed by atoms with Crippen molar-refractivity contribution in [2.24, 2.45) is 0 Å². The summed E-state index contributed by atoms with van der Waals surface area (Å²) in [4.78, 5) is 7.35. The van der Waals surface area contributed by atoms with Crippen LogP contribution < -0.4 is 5.32 Å². The summed E-state index contributed by atoms with van der Waals surface area (Å²) in [6, 6.07) is 10.8. The molecule has 0 atom stereocenters. The van der Waals surface area contributed by atoms with Gasteiger partial charge in [-0.3, -0.25) is 4.98 Å². The second-order valence-corrected chi connectivity index (χ2v) is 6.64. The number of nitrogens with one attached hydrogen (secondary N) is 1. The molecule has 1 aromatic carbocycles. The lowest BCUT2D eigenvalue weighted by atomic mass is 10.1. The van der Waals surface area contributed by atoms with Gasteiger partial charge in [0.2, 0.25) is 17.8 Å². The Morgan fingerprint density at radius 3 is 2.62 bits per heavy atom. The zero-order valence-electron chi connectivity index (χ0n) is 14.5. The van der Waals surface area contributed by atoms with Crippen LogP contribution in [0.3, 0.4) is 0 Å². The van der Waals surface area contributed by atoms with E-state index in [1.165, 1.54) is 10.9 Å². The highest BCUT2D eigenvalue weighted by atomic mass is 35.5. The highest BCUT2D eigenvalue weighted by molar-refractivity contribution is 6.43. The van der Waals surface area contributed by atoms with E-state index < -0.39 is 11.9 Å². The molecule has 4 rings (SSSR count). The molecule has 0 saturated heterocycles. The fraction of sp³-hybridized carbons (Fsp3) is 0.0556. The molecule has 0 aliphatic heterocycles. The number of nitrogens with zero attached hydrogens (tertiary/aromatic N) is 6. The third-order valence-electron chi connectivity index (χ3n) is 3.99. The van der Waals surface area contributed by atoms with Gasteiger partial charge in [-0.05, 0) is 34.2 Å². The number of hydrogen-bond donors (Lipinski definition) is 1. The van der Waals surface area contributed by atoms with Crippen LogP contribution >= 0.6 is 23.2 Å². The minimum Gasteiger partial charge on any atom is -0.349 e. The molecule has 4 aromatic rings. The van der Waals surface area contributed by atoms with E-state index in [0.29, 0.717) is 32.9 Å². The standard InChI is InChI=1S/C18H11Cl2F2N7/c19-12-4-1-5-13(16(12)20)29-18(26-27-28-29)24-9-10-3-2-6-23-17(10)11-7-14(21)25-15(22)8-11/h1-8H,9H2,(H,24,26,28). The van der Waals surface area contributed by atoms with Gasteiger partial charge in [-0.25, -0.2) is 0 Å². The highest BCUT2D eigenvalue weighted by Gasteiger charge is 2.15. The summed E-state index contributed by atoms with van der Waals surface area (Å²) in [5, 5.41) is 15.3. The fourth-order valence-electron chi connectivity index (χ4n) is 2.73. The molecular formula is C18H11Cl2F2N7. The van der Waals surface area contributed by atoms with Gasteiger partial charge in [0.25, 0.3) is 0 Å². The van der Waals surface area contributed by atoms with Crippen LogP contribution in [0.25, 0.3) is 16.9 Å². The number of benzene rings is 1. The van der Waals surface area contributed by atoms with Crippen molar-refractivity contribution in [2.75, 3.05) is 5.32 Å². The van der Waals surface area contributed by atoms with Gasteiger partial charge in [0, 0.05) is 30.4 Å². The summed E-state index contributed by atoms with van der Waals surface area (Å²) >= 11 is 12.3. The monoisotopic (exact) mass is 433 g/mol. The van der Waals surface area contributed by atoms with Crippen molar-refractivity contribution >= 4 is 29.2 Å². The molecule has 1 N–H and O–H groups in total. The Morgan fingerprint density at radius 2 is 1.83 bits per heavy atom. The van der Waals surface area contributed by atoms with Gasteiger partial charge >= 0.3 is 0 Å². The molecule has 29 heavy (non-hydrogen) atoms. The molecule has 146 valence electrons. The van der Waals surface area contributed by atoms with Crippen molar-refractivity contribution in [3.05, 3.63) is 76.2 Å². The largest absolute Gasteiger partial charge is 0.349 e.